The summed E-state index contributed by atoms with van der Waals surface area (Å²) in [6.45, 7) is 10.1. The summed E-state index contributed by atoms with van der Waals surface area (Å²) < 4.78 is 42.4. The van der Waals surface area contributed by atoms with Gasteiger partial charge >= 0.3 is 26.7 Å². The van der Waals surface area contributed by atoms with Crippen molar-refractivity contribution in [3.05, 3.63) is 48.6 Å². The fourth-order valence-electron chi connectivity index (χ4n) is 5.53. The van der Waals surface area contributed by atoms with Crippen molar-refractivity contribution in [3.63, 3.8) is 0 Å². The van der Waals surface area contributed by atoms with E-state index in [0.29, 0.717) is 0 Å². The van der Waals surface area contributed by atoms with Gasteiger partial charge in [-0.1, -0.05) is 86.0 Å². The van der Waals surface area contributed by atoms with Crippen LogP contribution in [-0.2, 0) is 19.5 Å². The van der Waals surface area contributed by atoms with Crippen LogP contribution in [-0.4, -0.2) is 29.9 Å². The number of allylic oxidation sites excluding steroid dienone is 4. The Morgan fingerprint density at radius 1 is 0.676 bits per heavy atom. The summed E-state index contributed by atoms with van der Waals surface area (Å²) in [6, 6.07) is 9.29. The summed E-state index contributed by atoms with van der Waals surface area (Å²) >= 11 is 2.16. The van der Waals surface area contributed by atoms with Crippen molar-refractivity contribution in [3.8, 4) is 0 Å². The van der Waals surface area contributed by atoms with Crippen molar-refractivity contribution in [2.45, 2.75) is 102 Å². The zero-order chi connectivity index (χ0) is 26.3. The van der Waals surface area contributed by atoms with E-state index in [1.54, 1.807) is 10.1 Å². The molecular formula is C28H40BF4P2RhS. The van der Waals surface area contributed by atoms with Gasteiger partial charge in [0.2, 0.25) is 0 Å². The molecule has 208 valence electrons. The first-order chi connectivity index (χ1) is 17.1. The van der Waals surface area contributed by atoms with E-state index in [1.807, 2.05) is 9.92 Å². The van der Waals surface area contributed by atoms with Gasteiger partial charge in [-0.15, -0.1) is 11.3 Å². The van der Waals surface area contributed by atoms with Crippen LogP contribution in [0.25, 0.3) is 10.1 Å². The molecule has 5 rings (SSSR count). The predicted octanol–water partition coefficient (Wildman–Crippen LogP) is 10.2. The first-order valence-electron chi connectivity index (χ1n) is 13.3. The minimum atomic E-state index is -6.00. The minimum Gasteiger partial charge on any atom is -0.418 e. The largest absolute Gasteiger partial charge is 1.00 e. The van der Waals surface area contributed by atoms with E-state index in [4.69, 9.17) is 0 Å². The fraction of sp³-hybridized carbons (Fsp3) is 0.571. The molecule has 3 aliphatic rings. The Morgan fingerprint density at radius 2 is 1.05 bits per heavy atom. The minimum absolute atomic E-state index is 0. The second kappa shape index (κ2) is 15.6. The van der Waals surface area contributed by atoms with Crippen molar-refractivity contribution in [2.24, 2.45) is 0 Å². The normalized spacial score (nSPS) is 28.2. The van der Waals surface area contributed by atoms with Crippen LogP contribution in [0.3, 0.4) is 0 Å². The average molecular weight is 660 g/mol. The molecule has 0 saturated carbocycles. The molecule has 1 aromatic carbocycles. The molecule has 4 atom stereocenters. The van der Waals surface area contributed by atoms with Crippen molar-refractivity contribution >= 4 is 54.4 Å². The Morgan fingerprint density at radius 3 is 1.49 bits per heavy atom. The van der Waals surface area contributed by atoms with Crippen LogP contribution >= 0.6 is 27.2 Å². The maximum absolute atomic E-state index is 9.75. The molecule has 2 saturated heterocycles. The Balaban J connectivity index is 0.000000286. The molecule has 3 heterocycles. The molecule has 2 aromatic rings. The topological polar surface area (TPSA) is 0 Å². The SMILES string of the molecule is C1=C\CC/C=C\CC/1.C[C@@H]1CC[C@@H](C)P1c1sc2ccccc2c1P1[C@H](C)CC[C@H]1C.F[B-](F)(F)F.[Rh+]. The van der Waals surface area contributed by atoms with E-state index < -0.39 is 7.25 Å². The third-order valence-corrected chi connectivity index (χ3v) is 16.0. The number of rotatable bonds is 2. The van der Waals surface area contributed by atoms with Crippen molar-refractivity contribution in [2.75, 3.05) is 0 Å². The van der Waals surface area contributed by atoms with Crippen molar-refractivity contribution < 1.29 is 36.7 Å². The Kier molecular flexibility index (Phi) is 14.0. The van der Waals surface area contributed by atoms with Gasteiger partial charge in [-0.2, -0.15) is 0 Å². The van der Waals surface area contributed by atoms with Gasteiger partial charge in [0.25, 0.3) is 0 Å². The van der Waals surface area contributed by atoms with Gasteiger partial charge in [-0.25, -0.2) is 0 Å². The zero-order valence-corrected chi connectivity index (χ0v) is 26.6. The number of benzene rings is 1. The number of halogens is 4. The molecule has 0 unspecified atom stereocenters. The molecule has 0 bridgehead atoms. The second-order valence-corrected chi connectivity index (χ2v) is 17.6. The number of thiophene rings is 1. The fourth-order valence-corrected chi connectivity index (χ4v) is 15.6. The molecular weight excluding hydrogens is 620 g/mol. The van der Waals surface area contributed by atoms with Gasteiger partial charge in [-0.05, 0) is 80.1 Å². The number of fused-ring (bicyclic) bond motifs is 1. The van der Waals surface area contributed by atoms with E-state index in [0.717, 1.165) is 22.6 Å². The molecule has 1 aromatic heterocycles. The maximum atomic E-state index is 9.75. The summed E-state index contributed by atoms with van der Waals surface area (Å²) in [5.41, 5.74) is 3.69. The number of hydrogen-bond donors (Lipinski definition) is 0. The standard InChI is InChI=1S/C20H28P2S.C8H12.BF4.Rh/c1-13-9-10-14(2)21(13)19-17-7-5-6-8-18(17)23-20(19)22-15(3)11-12-16(22)4;1-2-4-6-8-7-5-3-1;2-1(3,4)5;/h5-8,13-16H,9-12H2,1-4H3;1-2,7-8H,3-6H2;;/q;;-1;+1/b;2-1-,8-7-;;/t13-,14-,15-,16-;;;/m1.../s1. The first kappa shape index (κ1) is 33.1. The van der Waals surface area contributed by atoms with Gasteiger partial charge in [0.05, 0.1) is 0 Å². The van der Waals surface area contributed by atoms with Crippen molar-refractivity contribution in [1.29, 1.82) is 0 Å². The quantitative estimate of drug-likeness (QED) is 0.130. The summed E-state index contributed by atoms with van der Waals surface area (Å²) in [5, 5.41) is 3.47. The third-order valence-electron chi connectivity index (χ3n) is 7.28. The van der Waals surface area contributed by atoms with Crippen LogP contribution in [0.2, 0.25) is 0 Å². The molecule has 1 aliphatic carbocycles. The first-order valence-corrected chi connectivity index (χ1v) is 17.1. The van der Waals surface area contributed by atoms with Gasteiger partial charge in [0, 0.05) is 20.0 Å². The van der Waals surface area contributed by atoms with Crippen LogP contribution < -0.4 is 9.92 Å². The number of hydrogen-bond acceptors (Lipinski definition) is 1. The average Bonchev–Trinajstić information content (AvgIpc) is 3.41. The van der Waals surface area contributed by atoms with E-state index >= 15 is 0 Å². The van der Waals surface area contributed by atoms with Gasteiger partial charge in [0.1, 0.15) is 0 Å². The Labute approximate surface area is 240 Å². The maximum Gasteiger partial charge on any atom is 1.00 e. The molecule has 0 radical (unpaired) electrons. The summed E-state index contributed by atoms with van der Waals surface area (Å²) in [5.74, 6) is 0. The van der Waals surface area contributed by atoms with Crippen LogP contribution in [0.5, 0.6) is 0 Å². The van der Waals surface area contributed by atoms with Crippen LogP contribution in [0, 0.1) is 0 Å². The molecule has 2 fully saturated rings. The third kappa shape index (κ3) is 9.81. The van der Waals surface area contributed by atoms with E-state index in [9.17, 15) is 17.3 Å². The van der Waals surface area contributed by atoms with E-state index in [1.165, 1.54) is 51.4 Å². The Bertz CT molecular complexity index is 973. The summed E-state index contributed by atoms with van der Waals surface area (Å²) in [7, 11) is -5.92. The van der Waals surface area contributed by atoms with Crippen LogP contribution in [0.4, 0.5) is 17.3 Å². The van der Waals surface area contributed by atoms with E-state index in [2.05, 4.69) is 87.6 Å². The molecule has 9 heteroatoms. The van der Waals surface area contributed by atoms with Gasteiger partial charge in [0.15, 0.2) is 0 Å². The van der Waals surface area contributed by atoms with Crippen molar-refractivity contribution in [1.82, 2.24) is 0 Å². The smallest absolute Gasteiger partial charge is 0.418 e. The molecule has 37 heavy (non-hydrogen) atoms. The molecule has 2 aliphatic heterocycles. The van der Waals surface area contributed by atoms with E-state index in [-0.39, 0.29) is 35.3 Å². The second-order valence-electron chi connectivity index (χ2n) is 10.2. The monoisotopic (exact) mass is 660 g/mol. The summed E-state index contributed by atoms with van der Waals surface area (Å²) in [6.07, 6.45) is 19.8. The Hall–Kier alpha value is -0.0717. The molecule has 0 N–H and O–H groups in total. The van der Waals surface area contributed by atoms with Crippen LogP contribution in [0.15, 0.2) is 48.6 Å². The molecule has 0 amide bonds. The predicted molar refractivity (Wildman–Crippen MR) is 158 cm³/mol. The van der Waals surface area contributed by atoms with Gasteiger partial charge < -0.3 is 17.3 Å². The van der Waals surface area contributed by atoms with Crippen LogP contribution in [0.1, 0.15) is 79.1 Å². The molecule has 0 nitrogen and oxygen atoms in total. The van der Waals surface area contributed by atoms with Gasteiger partial charge in [-0.3, -0.25) is 0 Å². The molecule has 0 spiro atoms. The summed E-state index contributed by atoms with van der Waals surface area (Å²) in [4.78, 5) is 0. The zero-order valence-electron chi connectivity index (χ0n) is 22.3.